The van der Waals surface area contributed by atoms with Gasteiger partial charge in [0.1, 0.15) is 0 Å². The summed E-state index contributed by atoms with van der Waals surface area (Å²) < 4.78 is 0. The highest BCUT2D eigenvalue weighted by atomic mass is 15.0. The van der Waals surface area contributed by atoms with Gasteiger partial charge in [-0.15, -0.1) is 6.58 Å². The maximum atomic E-state index is 3.90. The molecule has 0 heterocycles. The zero-order valence-electron chi connectivity index (χ0n) is 17.0. The van der Waals surface area contributed by atoms with E-state index in [4.69, 9.17) is 0 Å². The average molecular weight is 333 g/mol. The van der Waals surface area contributed by atoms with Gasteiger partial charge in [0.05, 0.1) is 0 Å². The van der Waals surface area contributed by atoms with Crippen LogP contribution in [0.5, 0.6) is 0 Å². The first kappa shape index (κ1) is 22.7. The molecule has 138 valence electrons. The van der Waals surface area contributed by atoms with Gasteiger partial charge in [-0.3, -0.25) is 0 Å². The van der Waals surface area contributed by atoms with Gasteiger partial charge >= 0.3 is 0 Å². The second-order valence-electron chi connectivity index (χ2n) is 7.79. The van der Waals surface area contributed by atoms with Gasteiger partial charge in [0.2, 0.25) is 0 Å². The molecular weight excluding hydrogens is 292 g/mol. The van der Waals surface area contributed by atoms with Gasteiger partial charge in [0.25, 0.3) is 0 Å². The topological polar surface area (TPSA) is 24.1 Å². The highest BCUT2D eigenvalue weighted by molar-refractivity contribution is 5.21. The minimum atomic E-state index is -0.0899. The molecule has 0 radical (unpaired) electrons. The summed E-state index contributed by atoms with van der Waals surface area (Å²) in [6.07, 6.45) is 16.7. The number of unbranched alkanes of at least 4 members (excludes halogenated alkanes) is 2. The molecule has 0 aromatic rings. The van der Waals surface area contributed by atoms with Crippen molar-refractivity contribution in [3.63, 3.8) is 0 Å². The first-order valence-corrected chi connectivity index (χ1v) is 9.39. The van der Waals surface area contributed by atoms with Crippen LogP contribution in [0.25, 0.3) is 0 Å². The molecule has 0 aliphatic carbocycles. The number of rotatable bonds is 12. The molecule has 0 aromatic carbocycles. The summed E-state index contributed by atoms with van der Waals surface area (Å²) in [6.45, 7) is 19.1. The highest BCUT2D eigenvalue weighted by Crippen LogP contribution is 2.11. The Hall–Kier alpha value is -1.28. The van der Waals surface area contributed by atoms with E-state index in [0.717, 1.165) is 12.8 Å². The Kier molecular flexibility index (Phi) is 11.5. The van der Waals surface area contributed by atoms with E-state index in [1.165, 1.54) is 12.1 Å². The molecular formula is C22H40N2. The van der Waals surface area contributed by atoms with Crippen LogP contribution in [-0.4, -0.2) is 17.6 Å². The SMILES string of the molecule is C=CC(C)(C)NC(/C=C\CCC/C=C\C(C)NC(C)C)=C/C(C)C. The molecule has 0 rings (SSSR count). The summed E-state index contributed by atoms with van der Waals surface area (Å²) in [5.74, 6) is 0.524. The molecule has 1 unspecified atom stereocenters. The van der Waals surface area contributed by atoms with Crippen molar-refractivity contribution >= 4 is 0 Å². The third kappa shape index (κ3) is 13.2. The summed E-state index contributed by atoms with van der Waals surface area (Å²) in [6, 6.07) is 0.984. The van der Waals surface area contributed by atoms with Crippen LogP contribution in [0, 0.1) is 5.92 Å². The number of allylic oxidation sites excluding steroid dienone is 4. The monoisotopic (exact) mass is 332 g/mol. The van der Waals surface area contributed by atoms with Crippen LogP contribution in [0.3, 0.4) is 0 Å². The highest BCUT2D eigenvalue weighted by Gasteiger charge is 2.12. The lowest BCUT2D eigenvalue weighted by Gasteiger charge is -2.24. The van der Waals surface area contributed by atoms with Crippen molar-refractivity contribution in [2.24, 2.45) is 5.92 Å². The molecule has 0 spiro atoms. The van der Waals surface area contributed by atoms with Gasteiger partial charge in [-0.2, -0.15) is 0 Å². The Labute approximate surface area is 151 Å². The van der Waals surface area contributed by atoms with E-state index in [1.54, 1.807) is 0 Å². The van der Waals surface area contributed by atoms with Crippen LogP contribution in [0.1, 0.15) is 67.7 Å². The normalized spacial score (nSPS) is 15.0. The van der Waals surface area contributed by atoms with Gasteiger partial charge in [0, 0.05) is 23.3 Å². The zero-order chi connectivity index (χ0) is 18.6. The standard InChI is InChI=1S/C22H40N2/c1-9-22(7,8)24-21(17-18(2)3)16-14-12-10-11-13-15-20(6)23-19(4)5/h9,13-20,23-24H,1,10-12H2,2-8H3/b15-13-,16-14-,21-17+. The predicted octanol–water partition coefficient (Wildman–Crippen LogP) is 5.75. The fraction of sp³-hybridized carbons (Fsp3) is 0.636. The maximum absolute atomic E-state index is 3.90. The van der Waals surface area contributed by atoms with Gasteiger partial charge in [-0.1, -0.05) is 58.1 Å². The second kappa shape index (κ2) is 12.1. The number of nitrogens with one attached hydrogen (secondary N) is 2. The van der Waals surface area contributed by atoms with Crippen molar-refractivity contribution in [1.82, 2.24) is 10.6 Å². The Morgan fingerprint density at radius 1 is 1.04 bits per heavy atom. The lowest BCUT2D eigenvalue weighted by molar-refractivity contribution is 0.536. The first-order valence-electron chi connectivity index (χ1n) is 9.39. The quantitative estimate of drug-likeness (QED) is 0.270. The van der Waals surface area contributed by atoms with Crippen molar-refractivity contribution in [1.29, 1.82) is 0 Å². The molecule has 24 heavy (non-hydrogen) atoms. The van der Waals surface area contributed by atoms with Crippen molar-refractivity contribution in [3.8, 4) is 0 Å². The summed E-state index contributed by atoms with van der Waals surface area (Å²) >= 11 is 0. The van der Waals surface area contributed by atoms with Gasteiger partial charge in [0.15, 0.2) is 0 Å². The Morgan fingerprint density at radius 3 is 2.21 bits per heavy atom. The summed E-state index contributed by atoms with van der Waals surface area (Å²) in [5.41, 5.74) is 1.09. The van der Waals surface area contributed by atoms with E-state index < -0.39 is 0 Å². The van der Waals surface area contributed by atoms with Gasteiger partial charge < -0.3 is 10.6 Å². The van der Waals surface area contributed by atoms with Crippen LogP contribution in [0.4, 0.5) is 0 Å². The fourth-order valence-corrected chi connectivity index (χ4v) is 2.37. The molecule has 1 atom stereocenters. The minimum absolute atomic E-state index is 0.0899. The Bertz CT molecular complexity index is 425. The predicted molar refractivity (Wildman–Crippen MR) is 110 cm³/mol. The van der Waals surface area contributed by atoms with E-state index in [9.17, 15) is 0 Å². The molecule has 0 saturated heterocycles. The Morgan fingerprint density at radius 2 is 1.67 bits per heavy atom. The smallest absolute Gasteiger partial charge is 0.0497 e. The third-order valence-electron chi connectivity index (χ3n) is 3.55. The van der Waals surface area contributed by atoms with Crippen LogP contribution in [-0.2, 0) is 0 Å². The maximum Gasteiger partial charge on any atom is 0.0497 e. The van der Waals surface area contributed by atoms with Crippen LogP contribution < -0.4 is 10.6 Å². The molecule has 2 nitrogen and oxygen atoms in total. The molecule has 2 N–H and O–H groups in total. The van der Waals surface area contributed by atoms with Crippen molar-refractivity contribution in [3.05, 3.63) is 48.7 Å². The van der Waals surface area contributed by atoms with E-state index in [0.29, 0.717) is 18.0 Å². The summed E-state index contributed by atoms with van der Waals surface area (Å²) in [4.78, 5) is 0. The van der Waals surface area contributed by atoms with Gasteiger partial charge in [-0.05, 0) is 52.0 Å². The molecule has 0 bridgehead atoms. The molecule has 0 aliphatic heterocycles. The van der Waals surface area contributed by atoms with E-state index >= 15 is 0 Å². The summed E-state index contributed by atoms with van der Waals surface area (Å²) in [7, 11) is 0. The van der Waals surface area contributed by atoms with Crippen LogP contribution in [0.15, 0.2) is 48.7 Å². The molecule has 0 aromatic heterocycles. The van der Waals surface area contributed by atoms with Crippen molar-refractivity contribution in [2.45, 2.75) is 85.4 Å². The van der Waals surface area contributed by atoms with Gasteiger partial charge in [-0.25, -0.2) is 0 Å². The average Bonchev–Trinajstić information content (AvgIpc) is 2.44. The second-order valence-corrected chi connectivity index (χ2v) is 7.79. The fourth-order valence-electron chi connectivity index (χ4n) is 2.37. The number of hydrogen-bond acceptors (Lipinski definition) is 2. The largest absolute Gasteiger partial charge is 0.377 e. The van der Waals surface area contributed by atoms with Crippen molar-refractivity contribution in [2.75, 3.05) is 0 Å². The number of hydrogen-bond donors (Lipinski definition) is 2. The molecule has 0 amide bonds. The zero-order valence-corrected chi connectivity index (χ0v) is 17.0. The van der Waals surface area contributed by atoms with E-state index in [-0.39, 0.29) is 5.54 Å². The Balaban J connectivity index is 4.29. The van der Waals surface area contributed by atoms with Crippen LogP contribution in [0.2, 0.25) is 0 Å². The summed E-state index contributed by atoms with van der Waals surface area (Å²) in [5, 5.41) is 7.02. The minimum Gasteiger partial charge on any atom is -0.377 e. The molecule has 2 heteroatoms. The first-order chi connectivity index (χ1) is 11.2. The molecule has 0 fully saturated rings. The van der Waals surface area contributed by atoms with Crippen molar-refractivity contribution < 1.29 is 0 Å². The molecule has 0 aliphatic rings. The third-order valence-corrected chi connectivity index (χ3v) is 3.55. The van der Waals surface area contributed by atoms with E-state index in [1.807, 2.05) is 6.08 Å². The lowest BCUT2D eigenvalue weighted by Crippen LogP contribution is -2.35. The molecule has 0 saturated carbocycles. The van der Waals surface area contributed by atoms with Crippen LogP contribution >= 0.6 is 0 Å². The van der Waals surface area contributed by atoms with E-state index in [2.05, 4.69) is 96.1 Å². The lowest BCUT2D eigenvalue weighted by atomic mass is 10.0.